The average molecular weight is 222 g/mol. The van der Waals surface area contributed by atoms with Gasteiger partial charge in [-0.05, 0) is 26.0 Å². The number of aryl methyl sites for hydroxylation is 1. The molecule has 0 aliphatic heterocycles. The van der Waals surface area contributed by atoms with Crippen molar-refractivity contribution in [2.45, 2.75) is 26.3 Å². The highest BCUT2D eigenvalue weighted by Gasteiger charge is 2.09. The number of thiophene rings is 1. The van der Waals surface area contributed by atoms with Crippen LogP contribution in [0.1, 0.15) is 29.1 Å². The number of rotatable bonds is 5. The Morgan fingerprint density at radius 1 is 1.53 bits per heavy atom. The quantitative estimate of drug-likeness (QED) is 0.591. The summed E-state index contributed by atoms with van der Waals surface area (Å²) < 4.78 is 0. The van der Waals surface area contributed by atoms with E-state index in [0.717, 1.165) is 13.0 Å². The van der Waals surface area contributed by atoms with Crippen LogP contribution in [-0.4, -0.2) is 13.1 Å². The molecule has 1 aromatic heterocycles. The van der Waals surface area contributed by atoms with Crippen LogP contribution in [0.5, 0.6) is 0 Å². The second kappa shape index (κ2) is 6.62. The first-order chi connectivity index (χ1) is 7.27. The maximum absolute atomic E-state index is 5.74. The molecule has 0 aliphatic rings. The molecule has 1 atom stereocenters. The largest absolute Gasteiger partial charge is 0.329 e. The maximum Gasteiger partial charge on any atom is 0.0539 e. The van der Waals surface area contributed by atoms with Gasteiger partial charge in [-0.3, -0.25) is 0 Å². The van der Waals surface area contributed by atoms with Crippen LogP contribution in [0.3, 0.4) is 0 Å². The van der Waals surface area contributed by atoms with Gasteiger partial charge in [0.25, 0.3) is 0 Å². The van der Waals surface area contributed by atoms with Crippen LogP contribution < -0.4 is 11.1 Å². The second-order valence-corrected chi connectivity index (χ2v) is 4.69. The van der Waals surface area contributed by atoms with Gasteiger partial charge in [0.2, 0.25) is 0 Å². The Morgan fingerprint density at radius 2 is 2.33 bits per heavy atom. The third-order valence-corrected chi connectivity index (χ3v) is 3.27. The zero-order chi connectivity index (χ0) is 11.1. The molecule has 0 fully saturated rings. The summed E-state index contributed by atoms with van der Waals surface area (Å²) in [5, 5.41) is 3.42. The molecule has 3 N–H and O–H groups in total. The predicted octanol–water partition coefficient (Wildman–Crippen LogP) is 2.06. The van der Waals surface area contributed by atoms with E-state index in [0.29, 0.717) is 6.54 Å². The summed E-state index contributed by atoms with van der Waals surface area (Å²) in [6, 6.07) is 4.56. The lowest BCUT2D eigenvalue weighted by Gasteiger charge is -2.13. The molecule has 0 radical (unpaired) electrons. The van der Waals surface area contributed by atoms with Gasteiger partial charge < -0.3 is 11.1 Å². The molecular formula is C12H18N2S. The van der Waals surface area contributed by atoms with Gasteiger partial charge in [0.05, 0.1) is 6.04 Å². The first-order valence-electron chi connectivity index (χ1n) is 5.17. The smallest absolute Gasteiger partial charge is 0.0539 e. The topological polar surface area (TPSA) is 38.0 Å². The number of hydrogen-bond donors (Lipinski definition) is 2. The monoisotopic (exact) mass is 222 g/mol. The van der Waals surface area contributed by atoms with E-state index in [4.69, 9.17) is 5.73 Å². The van der Waals surface area contributed by atoms with Crippen LogP contribution in [-0.2, 0) is 0 Å². The molecule has 1 aromatic rings. The Balaban J connectivity index is 2.44. The van der Waals surface area contributed by atoms with E-state index in [2.05, 4.69) is 36.2 Å². The minimum absolute atomic E-state index is 0.280. The molecule has 0 aliphatic carbocycles. The standard InChI is InChI=1S/C12H18N2S/c1-3-4-5-8-14-11(9-13)12-7-6-10(2)15-12/h6-7,11,14H,5,8-9,13H2,1-2H3. The molecule has 3 heteroatoms. The molecule has 0 saturated carbocycles. The lowest BCUT2D eigenvalue weighted by molar-refractivity contribution is 0.558. The van der Waals surface area contributed by atoms with Gasteiger partial charge in [0, 0.05) is 29.3 Å². The molecule has 2 nitrogen and oxygen atoms in total. The highest BCUT2D eigenvalue weighted by Crippen LogP contribution is 2.21. The van der Waals surface area contributed by atoms with Crippen molar-refractivity contribution in [2.75, 3.05) is 13.1 Å². The molecule has 1 heterocycles. The van der Waals surface area contributed by atoms with E-state index in [1.54, 1.807) is 11.3 Å². The molecule has 0 spiro atoms. The normalized spacial score (nSPS) is 11.9. The van der Waals surface area contributed by atoms with Crippen LogP contribution in [0.15, 0.2) is 12.1 Å². The van der Waals surface area contributed by atoms with Crippen molar-refractivity contribution in [3.63, 3.8) is 0 Å². The molecule has 0 saturated heterocycles. The fraction of sp³-hybridized carbons (Fsp3) is 0.500. The zero-order valence-corrected chi connectivity index (χ0v) is 10.2. The zero-order valence-electron chi connectivity index (χ0n) is 9.34. The van der Waals surface area contributed by atoms with Crippen molar-refractivity contribution in [3.05, 3.63) is 21.9 Å². The van der Waals surface area contributed by atoms with Crippen molar-refractivity contribution < 1.29 is 0 Å². The van der Waals surface area contributed by atoms with Gasteiger partial charge in [0.15, 0.2) is 0 Å². The fourth-order valence-electron chi connectivity index (χ4n) is 1.37. The van der Waals surface area contributed by atoms with Gasteiger partial charge in [-0.25, -0.2) is 0 Å². The Labute approximate surface area is 95.9 Å². The van der Waals surface area contributed by atoms with Gasteiger partial charge in [-0.2, -0.15) is 0 Å². The third kappa shape index (κ3) is 4.05. The molecule has 0 aromatic carbocycles. The Morgan fingerprint density at radius 3 is 2.87 bits per heavy atom. The van der Waals surface area contributed by atoms with Gasteiger partial charge in [-0.15, -0.1) is 23.2 Å². The van der Waals surface area contributed by atoms with E-state index >= 15 is 0 Å². The lowest BCUT2D eigenvalue weighted by Crippen LogP contribution is -2.28. The number of nitrogens with one attached hydrogen (secondary N) is 1. The van der Waals surface area contributed by atoms with Crippen LogP contribution in [0.2, 0.25) is 0 Å². The Bertz CT molecular complexity index is 346. The molecule has 15 heavy (non-hydrogen) atoms. The Hall–Kier alpha value is -0.820. The number of nitrogens with two attached hydrogens (primary N) is 1. The molecule has 0 bridgehead atoms. The highest BCUT2D eigenvalue weighted by atomic mass is 32.1. The minimum Gasteiger partial charge on any atom is -0.329 e. The average Bonchev–Trinajstić information content (AvgIpc) is 2.65. The lowest BCUT2D eigenvalue weighted by atomic mass is 10.2. The summed E-state index contributed by atoms with van der Waals surface area (Å²) in [6.07, 6.45) is 0.886. The van der Waals surface area contributed by atoms with Crippen LogP contribution in [0.25, 0.3) is 0 Å². The van der Waals surface area contributed by atoms with E-state index in [-0.39, 0.29) is 6.04 Å². The molecule has 1 unspecified atom stereocenters. The minimum atomic E-state index is 0.280. The summed E-state index contributed by atoms with van der Waals surface area (Å²) in [6.45, 7) is 5.52. The summed E-state index contributed by atoms with van der Waals surface area (Å²) >= 11 is 1.81. The van der Waals surface area contributed by atoms with Crippen molar-refractivity contribution in [1.29, 1.82) is 0 Å². The van der Waals surface area contributed by atoms with Crippen LogP contribution in [0.4, 0.5) is 0 Å². The van der Waals surface area contributed by atoms with E-state index in [1.807, 2.05) is 6.92 Å². The first-order valence-corrected chi connectivity index (χ1v) is 5.99. The van der Waals surface area contributed by atoms with Crippen LogP contribution >= 0.6 is 11.3 Å². The van der Waals surface area contributed by atoms with Crippen molar-refractivity contribution in [2.24, 2.45) is 5.73 Å². The fourth-order valence-corrected chi connectivity index (χ4v) is 2.34. The molecule has 0 amide bonds. The van der Waals surface area contributed by atoms with Gasteiger partial charge in [-0.1, -0.05) is 0 Å². The summed E-state index contributed by atoms with van der Waals surface area (Å²) in [7, 11) is 0. The molecule has 82 valence electrons. The second-order valence-electron chi connectivity index (χ2n) is 3.37. The van der Waals surface area contributed by atoms with Crippen molar-refractivity contribution >= 4 is 11.3 Å². The molecule has 1 rings (SSSR count). The van der Waals surface area contributed by atoms with Crippen molar-refractivity contribution in [1.82, 2.24) is 5.32 Å². The Kier molecular flexibility index (Phi) is 5.41. The first kappa shape index (κ1) is 12.3. The summed E-state index contributed by atoms with van der Waals surface area (Å²) in [5.41, 5.74) is 5.74. The van der Waals surface area contributed by atoms with E-state index in [9.17, 15) is 0 Å². The summed E-state index contributed by atoms with van der Waals surface area (Å²) in [5.74, 6) is 5.92. The SMILES string of the molecule is CC#CCCNC(CN)c1ccc(C)s1. The van der Waals surface area contributed by atoms with Gasteiger partial charge in [0.1, 0.15) is 0 Å². The van der Waals surface area contributed by atoms with Crippen LogP contribution in [0, 0.1) is 18.8 Å². The van der Waals surface area contributed by atoms with Crippen molar-refractivity contribution in [3.8, 4) is 11.8 Å². The number of hydrogen-bond acceptors (Lipinski definition) is 3. The van der Waals surface area contributed by atoms with E-state index < -0.39 is 0 Å². The third-order valence-electron chi connectivity index (χ3n) is 2.16. The predicted molar refractivity (Wildman–Crippen MR) is 66.9 cm³/mol. The van der Waals surface area contributed by atoms with E-state index in [1.165, 1.54) is 9.75 Å². The van der Waals surface area contributed by atoms with Gasteiger partial charge >= 0.3 is 0 Å². The summed E-state index contributed by atoms with van der Waals surface area (Å²) in [4.78, 5) is 2.65. The highest BCUT2D eigenvalue weighted by molar-refractivity contribution is 7.12. The molecular weight excluding hydrogens is 204 g/mol. The maximum atomic E-state index is 5.74.